The Morgan fingerprint density at radius 2 is 2.33 bits per heavy atom. The van der Waals surface area contributed by atoms with Crippen molar-refractivity contribution >= 4 is 5.82 Å². The molecule has 0 spiro atoms. The van der Waals surface area contributed by atoms with Gasteiger partial charge in [0.25, 0.3) is 0 Å². The Hall–Kier alpha value is -1.03. The summed E-state index contributed by atoms with van der Waals surface area (Å²) in [7, 11) is 4.02. The summed E-state index contributed by atoms with van der Waals surface area (Å²) in [6.45, 7) is 4.51. The van der Waals surface area contributed by atoms with Crippen molar-refractivity contribution in [2.75, 3.05) is 25.0 Å². The Kier molecular flexibility index (Phi) is 2.95. The number of hydrogen-bond donors (Lipinski definition) is 1. The Labute approximate surface area is 91.3 Å². The van der Waals surface area contributed by atoms with Crippen molar-refractivity contribution in [1.29, 1.82) is 0 Å². The maximum Gasteiger partial charge on any atom is 0.150 e. The molecule has 2 unspecified atom stereocenters. The molecule has 0 aliphatic carbocycles. The number of piperidine rings is 1. The molecule has 1 fully saturated rings. The van der Waals surface area contributed by atoms with E-state index in [1.165, 1.54) is 6.42 Å². The maximum absolute atomic E-state index is 4.44. The van der Waals surface area contributed by atoms with Crippen molar-refractivity contribution in [3.05, 3.63) is 12.3 Å². The first-order valence-electron chi connectivity index (χ1n) is 5.62. The smallest absolute Gasteiger partial charge is 0.150 e. The van der Waals surface area contributed by atoms with E-state index < -0.39 is 0 Å². The number of nitrogens with zero attached hydrogens (tertiary/aromatic N) is 3. The summed E-state index contributed by atoms with van der Waals surface area (Å²) in [6.07, 6.45) is 3.21. The molecule has 2 heterocycles. The lowest BCUT2D eigenvalue weighted by Gasteiger charge is -2.36. The lowest BCUT2D eigenvalue weighted by molar-refractivity contribution is 0.337. The molecule has 1 aromatic heterocycles. The van der Waals surface area contributed by atoms with E-state index in [0.29, 0.717) is 12.0 Å². The Morgan fingerprint density at radius 3 is 2.87 bits per heavy atom. The van der Waals surface area contributed by atoms with Gasteiger partial charge in [0.05, 0.1) is 0 Å². The van der Waals surface area contributed by atoms with Crippen LogP contribution >= 0.6 is 0 Å². The fraction of sp³-hybridized carbons (Fsp3) is 0.727. The highest BCUT2D eigenvalue weighted by atomic mass is 15.3. The third-order valence-electron chi connectivity index (χ3n) is 3.30. The molecular weight excluding hydrogens is 188 g/mol. The Morgan fingerprint density at radius 1 is 1.53 bits per heavy atom. The topological polar surface area (TPSA) is 33.1 Å². The van der Waals surface area contributed by atoms with Crippen LogP contribution in [0.25, 0.3) is 0 Å². The second-order valence-electron chi connectivity index (χ2n) is 4.45. The van der Waals surface area contributed by atoms with Gasteiger partial charge in [0, 0.05) is 38.4 Å². The van der Waals surface area contributed by atoms with Crippen LogP contribution in [0, 0.1) is 5.92 Å². The summed E-state index contributed by atoms with van der Waals surface area (Å²) in [5, 5.41) is 7.82. The molecule has 0 saturated carbocycles. The quantitative estimate of drug-likeness (QED) is 0.782. The van der Waals surface area contributed by atoms with Gasteiger partial charge in [-0.05, 0) is 19.4 Å². The lowest BCUT2D eigenvalue weighted by atomic mass is 9.94. The zero-order chi connectivity index (χ0) is 10.8. The minimum absolute atomic E-state index is 0.657. The molecule has 2 atom stereocenters. The molecule has 0 radical (unpaired) electrons. The van der Waals surface area contributed by atoms with Crippen LogP contribution in [-0.2, 0) is 7.05 Å². The van der Waals surface area contributed by atoms with Gasteiger partial charge >= 0.3 is 0 Å². The van der Waals surface area contributed by atoms with E-state index in [1.807, 2.05) is 17.9 Å². The van der Waals surface area contributed by atoms with Crippen LogP contribution in [0.5, 0.6) is 0 Å². The molecule has 1 saturated heterocycles. The van der Waals surface area contributed by atoms with E-state index in [-0.39, 0.29) is 0 Å². The van der Waals surface area contributed by atoms with E-state index in [2.05, 4.69) is 35.4 Å². The average Bonchev–Trinajstić information content (AvgIpc) is 2.65. The molecule has 1 aliphatic heterocycles. The van der Waals surface area contributed by atoms with Gasteiger partial charge in [-0.3, -0.25) is 4.68 Å². The van der Waals surface area contributed by atoms with Gasteiger partial charge in [-0.25, -0.2) is 0 Å². The van der Waals surface area contributed by atoms with Crippen LogP contribution in [-0.4, -0.2) is 36.0 Å². The summed E-state index contributed by atoms with van der Waals surface area (Å²) in [6, 6.07) is 2.75. The van der Waals surface area contributed by atoms with Crippen LogP contribution in [0.1, 0.15) is 13.3 Å². The first kappa shape index (κ1) is 10.5. The Balaban J connectivity index is 2.02. The van der Waals surface area contributed by atoms with Gasteiger partial charge < -0.3 is 10.2 Å². The van der Waals surface area contributed by atoms with Crippen molar-refractivity contribution < 1.29 is 0 Å². The first-order valence-corrected chi connectivity index (χ1v) is 5.62. The monoisotopic (exact) mass is 208 g/mol. The van der Waals surface area contributed by atoms with Crippen LogP contribution in [0.4, 0.5) is 5.82 Å². The highest BCUT2D eigenvalue weighted by Crippen LogP contribution is 2.21. The zero-order valence-corrected chi connectivity index (χ0v) is 9.77. The van der Waals surface area contributed by atoms with Crippen molar-refractivity contribution in [3.8, 4) is 0 Å². The lowest BCUT2D eigenvalue weighted by Crippen LogP contribution is -2.47. The van der Waals surface area contributed by atoms with Crippen molar-refractivity contribution in [2.45, 2.75) is 19.4 Å². The van der Waals surface area contributed by atoms with Crippen molar-refractivity contribution in [2.24, 2.45) is 13.0 Å². The van der Waals surface area contributed by atoms with Gasteiger partial charge in [0.15, 0.2) is 5.82 Å². The molecule has 1 aromatic rings. The Bertz CT molecular complexity index is 320. The second-order valence-corrected chi connectivity index (χ2v) is 4.45. The fourth-order valence-corrected chi connectivity index (χ4v) is 2.35. The third kappa shape index (κ3) is 2.15. The molecular formula is C11H20N4. The third-order valence-corrected chi connectivity index (χ3v) is 3.30. The minimum Gasteiger partial charge on any atom is -0.355 e. The first-order chi connectivity index (χ1) is 7.20. The predicted molar refractivity (Wildman–Crippen MR) is 62.0 cm³/mol. The van der Waals surface area contributed by atoms with Crippen LogP contribution in [0.2, 0.25) is 0 Å². The van der Waals surface area contributed by atoms with Crippen LogP contribution in [0.15, 0.2) is 12.3 Å². The van der Waals surface area contributed by atoms with Gasteiger partial charge in [-0.2, -0.15) is 5.10 Å². The molecule has 1 aliphatic rings. The highest BCUT2D eigenvalue weighted by molar-refractivity contribution is 5.37. The van der Waals surface area contributed by atoms with Crippen molar-refractivity contribution in [3.63, 3.8) is 0 Å². The van der Waals surface area contributed by atoms with Crippen LogP contribution < -0.4 is 10.2 Å². The number of rotatable bonds is 2. The molecule has 0 bridgehead atoms. The SMILES string of the molecule is CNC1CCN(c2ccn(C)n2)CC1C. The van der Waals surface area contributed by atoms with Crippen LogP contribution in [0.3, 0.4) is 0 Å². The minimum atomic E-state index is 0.657. The molecule has 4 nitrogen and oxygen atoms in total. The zero-order valence-electron chi connectivity index (χ0n) is 9.77. The molecule has 15 heavy (non-hydrogen) atoms. The molecule has 4 heteroatoms. The molecule has 1 N–H and O–H groups in total. The van der Waals surface area contributed by atoms with E-state index in [4.69, 9.17) is 0 Å². The second kappa shape index (κ2) is 4.23. The predicted octanol–water partition coefficient (Wildman–Crippen LogP) is 0.854. The number of aryl methyl sites for hydroxylation is 1. The van der Waals surface area contributed by atoms with Gasteiger partial charge in [0.2, 0.25) is 0 Å². The summed E-state index contributed by atoms with van der Waals surface area (Å²) in [4.78, 5) is 2.37. The summed E-state index contributed by atoms with van der Waals surface area (Å²) in [5.41, 5.74) is 0. The maximum atomic E-state index is 4.44. The largest absolute Gasteiger partial charge is 0.355 e. The standard InChI is InChI=1S/C11H20N4/c1-9-8-15(7-4-10(9)12-2)11-5-6-14(3)13-11/h5-6,9-10,12H,4,7-8H2,1-3H3. The number of anilines is 1. The fourth-order valence-electron chi connectivity index (χ4n) is 2.35. The molecule has 0 aromatic carbocycles. The molecule has 84 valence electrons. The van der Waals surface area contributed by atoms with E-state index in [0.717, 1.165) is 18.9 Å². The van der Waals surface area contributed by atoms with Gasteiger partial charge in [-0.1, -0.05) is 6.92 Å². The average molecular weight is 208 g/mol. The van der Waals surface area contributed by atoms with E-state index in [9.17, 15) is 0 Å². The summed E-state index contributed by atoms with van der Waals surface area (Å²) < 4.78 is 1.87. The van der Waals surface area contributed by atoms with E-state index >= 15 is 0 Å². The van der Waals surface area contributed by atoms with Gasteiger partial charge in [0.1, 0.15) is 0 Å². The van der Waals surface area contributed by atoms with Gasteiger partial charge in [-0.15, -0.1) is 0 Å². The normalized spacial score (nSPS) is 27.0. The number of aromatic nitrogens is 2. The highest BCUT2D eigenvalue weighted by Gasteiger charge is 2.25. The summed E-state index contributed by atoms with van der Waals surface area (Å²) in [5.74, 6) is 1.80. The molecule has 2 rings (SSSR count). The molecule has 0 amide bonds. The number of hydrogen-bond acceptors (Lipinski definition) is 3. The number of nitrogens with one attached hydrogen (secondary N) is 1. The summed E-state index contributed by atoms with van der Waals surface area (Å²) >= 11 is 0. The van der Waals surface area contributed by atoms with Crippen molar-refractivity contribution in [1.82, 2.24) is 15.1 Å². The van der Waals surface area contributed by atoms with E-state index in [1.54, 1.807) is 0 Å².